The summed E-state index contributed by atoms with van der Waals surface area (Å²) in [6, 6.07) is 6.95. The van der Waals surface area contributed by atoms with Crippen LogP contribution in [0.1, 0.15) is 30.6 Å². The average Bonchev–Trinajstić information content (AvgIpc) is 2.18. The van der Waals surface area contributed by atoms with Crippen LogP contribution >= 0.6 is 11.6 Å². The zero-order valence-electron chi connectivity index (χ0n) is 9.09. The van der Waals surface area contributed by atoms with Gasteiger partial charge >= 0.3 is 0 Å². The van der Waals surface area contributed by atoms with Gasteiger partial charge in [0.05, 0.1) is 0 Å². The van der Waals surface area contributed by atoms with Crippen LogP contribution in [0.4, 0.5) is 0 Å². The summed E-state index contributed by atoms with van der Waals surface area (Å²) < 4.78 is 0. The Labute approximate surface area is 95.4 Å². The number of carbonyl (C=O) groups is 1. The highest BCUT2D eigenvalue weighted by atomic mass is 35.5. The standard InChI is InChI=1S/C12H16ClNO/c1-12(2,8-14)7-11(15)9-3-5-10(13)6-4-9/h3-6H,7-8,14H2,1-2H3. The molecule has 0 unspecified atom stereocenters. The lowest BCUT2D eigenvalue weighted by Gasteiger charge is -2.20. The van der Waals surface area contributed by atoms with Gasteiger partial charge in [-0.2, -0.15) is 0 Å². The lowest BCUT2D eigenvalue weighted by molar-refractivity contribution is 0.0935. The number of carbonyl (C=O) groups excluding carboxylic acids is 1. The van der Waals surface area contributed by atoms with E-state index in [1.807, 2.05) is 13.8 Å². The van der Waals surface area contributed by atoms with Gasteiger partial charge in [-0.15, -0.1) is 0 Å². The van der Waals surface area contributed by atoms with E-state index in [0.29, 0.717) is 23.6 Å². The predicted octanol–water partition coefficient (Wildman–Crippen LogP) is 2.90. The van der Waals surface area contributed by atoms with Crippen molar-refractivity contribution in [2.24, 2.45) is 11.1 Å². The van der Waals surface area contributed by atoms with Crippen molar-refractivity contribution in [3.05, 3.63) is 34.9 Å². The third-order valence-corrected chi connectivity index (χ3v) is 2.61. The summed E-state index contributed by atoms with van der Waals surface area (Å²) in [5, 5.41) is 0.643. The van der Waals surface area contributed by atoms with E-state index in [4.69, 9.17) is 17.3 Å². The second-order valence-electron chi connectivity index (χ2n) is 4.48. The first-order chi connectivity index (χ1) is 6.94. The molecule has 0 heterocycles. The van der Waals surface area contributed by atoms with Crippen LogP contribution in [0, 0.1) is 5.41 Å². The van der Waals surface area contributed by atoms with Gasteiger partial charge in [0.15, 0.2) is 5.78 Å². The number of benzene rings is 1. The molecule has 82 valence electrons. The summed E-state index contributed by atoms with van der Waals surface area (Å²) in [5.74, 6) is 0.113. The van der Waals surface area contributed by atoms with E-state index >= 15 is 0 Å². The molecule has 0 aliphatic rings. The van der Waals surface area contributed by atoms with E-state index in [2.05, 4.69) is 0 Å². The normalized spacial score (nSPS) is 11.5. The Hall–Kier alpha value is -0.860. The highest BCUT2D eigenvalue weighted by Crippen LogP contribution is 2.21. The van der Waals surface area contributed by atoms with Crippen LogP contribution in [0.15, 0.2) is 24.3 Å². The van der Waals surface area contributed by atoms with E-state index in [0.717, 1.165) is 0 Å². The van der Waals surface area contributed by atoms with Crippen molar-refractivity contribution in [3.8, 4) is 0 Å². The molecule has 0 atom stereocenters. The van der Waals surface area contributed by atoms with Crippen LogP contribution in [-0.2, 0) is 0 Å². The third kappa shape index (κ3) is 3.65. The molecule has 0 aliphatic heterocycles. The van der Waals surface area contributed by atoms with Gasteiger partial charge in [-0.3, -0.25) is 4.79 Å². The first kappa shape index (κ1) is 12.2. The van der Waals surface area contributed by atoms with Crippen molar-refractivity contribution < 1.29 is 4.79 Å². The molecular formula is C12H16ClNO. The maximum atomic E-state index is 11.8. The van der Waals surface area contributed by atoms with E-state index in [1.54, 1.807) is 24.3 Å². The molecule has 0 saturated carbocycles. The molecule has 0 amide bonds. The predicted molar refractivity (Wildman–Crippen MR) is 63.2 cm³/mol. The Bertz CT molecular complexity index is 343. The van der Waals surface area contributed by atoms with Crippen LogP contribution in [0.3, 0.4) is 0 Å². The SMILES string of the molecule is CC(C)(CN)CC(=O)c1ccc(Cl)cc1. The Balaban J connectivity index is 2.74. The first-order valence-electron chi connectivity index (χ1n) is 4.93. The summed E-state index contributed by atoms with van der Waals surface area (Å²) in [6.45, 7) is 4.48. The van der Waals surface area contributed by atoms with Crippen LogP contribution in [0.25, 0.3) is 0 Å². The molecule has 0 aromatic heterocycles. The molecule has 0 spiro atoms. The highest BCUT2D eigenvalue weighted by molar-refractivity contribution is 6.30. The molecule has 1 aromatic rings. The Morgan fingerprint density at radius 2 is 1.87 bits per heavy atom. The fourth-order valence-corrected chi connectivity index (χ4v) is 1.37. The van der Waals surface area contributed by atoms with Crippen LogP contribution in [0.5, 0.6) is 0 Å². The van der Waals surface area contributed by atoms with Gasteiger partial charge < -0.3 is 5.73 Å². The van der Waals surface area contributed by atoms with Gasteiger partial charge in [0, 0.05) is 17.0 Å². The summed E-state index contributed by atoms with van der Waals surface area (Å²) >= 11 is 5.75. The molecule has 0 aliphatic carbocycles. The molecule has 3 heteroatoms. The number of hydrogen-bond donors (Lipinski definition) is 1. The number of ketones is 1. The van der Waals surface area contributed by atoms with Gasteiger partial charge in [-0.1, -0.05) is 25.4 Å². The Morgan fingerprint density at radius 1 is 1.33 bits per heavy atom. The zero-order valence-corrected chi connectivity index (χ0v) is 9.84. The first-order valence-corrected chi connectivity index (χ1v) is 5.31. The number of rotatable bonds is 4. The minimum Gasteiger partial charge on any atom is -0.330 e. The van der Waals surface area contributed by atoms with Crippen molar-refractivity contribution in [2.45, 2.75) is 20.3 Å². The van der Waals surface area contributed by atoms with Crippen LogP contribution < -0.4 is 5.73 Å². The lowest BCUT2D eigenvalue weighted by Crippen LogP contribution is -2.26. The van der Waals surface area contributed by atoms with E-state index in [-0.39, 0.29) is 11.2 Å². The van der Waals surface area contributed by atoms with Crippen molar-refractivity contribution in [2.75, 3.05) is 6.54 Å². The zero-order chi connectivity index (χ0) is 11.5. The number of nitrogens with two attached hydrogens (primary N) is 1. The maximum Gasteiger partial charge on any atom is 0.163 e. The topological polar surface area (TPSA) is 43.1 Å². The van der Waals surface area contributed by atoms with Crippen molar-refractivity contribution in [3.63, 3.8) is 0 Å². The Morgan fingerprint density at radius 3 is 2.33 bits per heavy atom. The molecular weight excluding hydrogens is 210 g/mol. The maximum absolute atomic E-state index is 11.8. The molecule has 15 heavy (non-hydrogen) atoms. The molecule has 0 fully saturated rings. The van der Waals surface area contributed by atoms with Gasteiger partial charge in [0.1, 0.15) is 0 Å². The van der Waals surface area contributed by atoms with Crippen molar-refractivity contribution >= 4 is 17.4 Å². The monoisotopic (exact) mass is 225 g/mol. The second-order valence-corrected chi connectivity index (χ2v) is 4.91. The smallest absolute Gasteiger partial charge is 0.163 e. The number of halogens is 1. The summed E-state index contributed by atoms with van der Waals surface area (Å²) in [7, 11) is 0. The molecule has 0 saturated heterocycles. The molecule has 1 rings (SSSR count). The van der Waals surface area contributed by atoms with Crippen molar-refractivity contribution in [1.29, 1.82) is 0 Å². The fourth-order valence-electron chi connectivity index (χ4n) is 1.24. The minimum absolute atomic E-state index is 0.113. The largest absolute Gasteiger partial charge is 0.330 e. The van der Waals surface area contributed by atoms with E-state index in [9.17, 15) is 4.79 Å². The molecule has 2 N–H and O–H groups in total. The fraction of sp³-hybridized carbons (Fsp3) is 0.417. The Kier molecular flexibility index (Phi) is 3.89. The molecule has 2 nitrogen and oxygen atoms in total. The molecule has 0 bridgehead atoms. The van der Waals surface area contributed by atoms with E-state index in [1.165, 1.54) is 0 Å². The van der Waals surface area contributed by atoms with E-state index < -0.39 is 0 Å². The average molecular weight is 226 g/mol. The van der Waals surface area contributed by atoms with Gasteiger partial charge in [0.2, 0.25) is 0 Å². The highest BCUT2D eigenvalue weighted by Gasteiger charge is 2.20. The summed E-state index contributed by atoms with van der Waals surface area (Å²) in [6.07, 6.45) is 0.463. The van der Waals surface area contributed by atoms with Gasteiger partial charge in [-0.25, -0.2) is 0 Å². The van der Waals surface area contributed by atoms with Crippen LogP contribution in [-0.4, -0.2) is 12.3 Å². The number of hydrogen-bond acceptors (Lipinski definition) is 2. The van der Waals surface area contributed by atoms with Crippen molar-refractivity contribution in [1.82, 2.24) is 0 Å². The third-order valence-electron chi connectivity index (χ3n) is 2.36. The van der Waals surface area contributed by atoms with Gasteiger partial charge in [0.25, 0.3) is 0 Å². The second kappa shape index (κ2) is 4.77. The van der Waals surface area contributed by atoms with Gasteiger partial charge in [-0.05, 0) is 36.2 Å². The molecule has 1 aromatic carbocycles. The molecule has 0 radical (unpaired) electrons. The summed E-state index contributed by atoms with van der Waals surface area (Å²) in [5.41, 5.74) is 6.14. The summed E-state index contributed by atoms with van der Waals surface area (Å²) in [4.78, 5) is 11.8. The quantitative estimate of drug-likeness (QED) is 0.801. The lowest BCUT2D eigenvalue weighted by atomic mass is 9.86. The number of Topliss-reactive ketones (excluding diaryl/α,β-unsaturated/α-hetero) is 1. The minimum atomic E-state index is -0.142. The van der Waals surface area contributed by atoms with Crippen LogP contribution in [0.2, 0.25) is 5.02 Å².